The molecule has 1 aromatic carbocycles. The molecule has 2 heterocycles. The Labute approximate surface area is 148 Å². The standard InChI is InChI=1S/C18H28BrN3O/c19-17-3-1-2-16(14-17)15-21-6-4-18(5-7-21)22-10-8-20(9-11-22)12-13-23/h1-3,14,18,23H,4-13,15H2. The number of nitrogens with zero attached hydrogens (tertiary/aromatic N) is 3. The fraction of sp³-hybridized carbons (Fsp3) is 0.667. The van der Waals surface area contributed by atoms with E-state index in [-0.39, 0.29) is 6.61 Å². The minimum atomic E-state index is 0.286. The molecule has 0 bridgehead atoms. The van der Waals surface area contributed by atoms with Crippen LogP contribution < -0.4 is 0 Å². The first-order valence-electron chi connectivity index (χ1n) is 8.78. The van der Waals surface area contributed by atoms with Crippen molar-refractivity contribution in [3.05, 3.63) is 34.3 Å². The molecule has 1 aromatic rings. The zero-order valence-electron chi connectivity index (χ0n) is 13.8. The molecular weight excluding hydrogens is 354 g/mol. The van der Waals surface area contributed by atoms with Crippen molar-refractivity contribution < 1.29 is 5.11 Å². The number of aliphatic hydroxyl groups is 1. The summed E-state index contributed by atoms with van der Waals surface area (Å²) < 4.78 is 1.17. The lowest BCUT2D eigenvalue weighted by Gasteiger charge is -2.42. The molecule has 2 aliphatic heterocycles. The Morgan fingerprint density at radius 3 is 2.39 bits per heavy atom. The third-order valence-electron chi connectivity index (χ3n) is 5.19. The van der Waals surface area contributed by atoms with Crippen LogP contribution >= 0.6 is 15.9 Å². The molecule has 0 atom stereocenters. The van der Waals surface area contributed by atoms with Gasteiger partial charge in [0.1, 0.15) is 0 Å². The lowest BCUT2D eigenvalue weighted by Crippen LogP contribution is -2.53. The highest BCUT2D eigenvalue weighted by atomic mass is 79.9. The Balaban J connectivity index is 1.42. The number of β-amino-alcohol motifs (C(OH)–C–C–N with tert-alkyl or cyclic N) is 1. The summed E-state index contributed by atoms with van der Waals surface area (Å²) in [6, 6.07) is 9.42. The maximum Gasteiger partial charge on any atom is 0.0558 e. The molecule has 0 radical (unpaired) electrons. The van der Waals surface area contributed by atoms with Gasteiger partial charge in [0, 0.05) is 49.8 Å². The van der Waals surface area contributed by atoms with Crippen LogP contribution in [0.5, 0.6) is 0 Å². The summed E-state index contributed by atoms with van der Waals surface area (Å²) >= 11 is 3.56. The number of likely N-dealkylation sites (tertiary alicyclic amines) is 1. The van der Waals surface area contributed by atoms with Crippen LogP contribution in [0.15, 0.2) is 28.7 Å². The fourth-order valence-electron chi connectivity index (χ4n) is 3.83. The van der Waals surface area contributed by atoms with Crippen molar-refractivity contribution in [3.63, 3.8) is 0 Å². The van der Waals surface area contributed by atoms with Gasteiger partial charge in [0.15, 0.2) is 0 Å². The average Bonchev–Trinajstić information content (AvgIpc) is 2.57. The van der Waals surface area contributed by atoms with Crippen LogP contribution in [-0.2, 0) is 6.54 Å². The highest BCUT2D eigenvalue weighted by molar-refractivity contribution is 9.10. The van der Waals surface area contributed by atoms with Crippen molar-refractivity contribution in [2.24, 2.45) is 0 Å². The number of hydrogen-bond donors (Lipinski definition) is 1. The van der Waals surface area contributed by atoms with Gasteiger partial charge in [-0.2, -0.15) is 0 Å². The van der Waals surface area contributed by atoms with Crippen LogP contribution in [0.4, 0.5) is 0 Å². The van der Waals surface area contributed by atoms with Crippen molar-refractivity contribution in [1.82, 2.24) is 14.7 Å². The number of aliphatic hydroxyl groups excluding tert-OH is 1. The summed E-state index contributed by atoms with van der Waals surface area (Å²) in [7, 11) is 0. The SMILES string of the molecule is OCCN1CCN(C2CCN(Cc3cccc(Br)c3)CC2)CC1. The summed E-state index contributed by atoms with van der Waals surface area (Å²) in [5.41, 5.74) is 1.40. The number of benzene rings is 1. The first-order valence-corrected chi connectivity index (χ1v) is 9.58. The minimum absolute atomic E-state index is 0.286. The van der Waals surface area contributed by atoms with Crippen molar-refractivity contribution in [3.8, 4) is 0 Å². The third-order valence-corrected chi connectivity index (χ3v) is 5.69. The van der Waals surface area contributed by atoms with Gasteiger partial charge in [-0.3, -0.25) is 14.7 Å². The Hall–Kier alpha value is -0.460. The van der Waals surface area contributed by atoms with E-state index in [1.807, 2.05) is 0 Å². The Morgan fingerprint density at radius 1 is 1.00 bits per heavy atom. The molecule has 0 unspecified atom stereocenters. The zero-order valence-corrected chi connectivity index (χ0v) is 15.4. The topological polar surface area (TPSA) is 30.0 Å². The molecule has 3 rings (SSSR count). The minimum Gasteiger partial charge on any atom is -0.395 e. The molecular formula is C18H28BrN3O. The van der Waals surface area contributed by atoms with Crippen molar-refractivity contribution in [1.29, 1.82) is 0 Å². The van der Waals surface area contributed by atoms with Gasteiger partial charge in [0.2, 0.25) is 0 Å². The molecule has 4 nitrogen and oxygen atoms in total. The van der Waals surface area contributed by atoms with Gasteiger partial charge in [-0.05, 0) is 43.6 Å². The van der Waals surface area contributed by atoms with Gasteiger partial charge < -0.3 is 5.11 Å². The van der Waals surface area contributed by atoms with Crippen LogP contribution in [0.25, 0.3) is 0 Å². The molecule has 1 N–H and O–H groups in total. The van der Waals surface area contributed by atoms with E-state index >= 15 is 0 Å². The first kappa shape index (κ1) is 17.4. The molecule has 0 saturated carbocycles. The van der Waals surface area contributed by atoms with Crippen LogP contribution in [0, 0.1) is 0 Å². The quantitative estimate of drug-likeness (QED) is 0.844. The molecule has 0 amide bonds. The number of halogens is 1. The normalized spacial score (nSPS) is 22.5. The van der Waals surface area contributed by atoms with Crippen molar-refractivity contribution in [2.75, 3.05) is 52.4 Å². The van der Waals surface area contributed by atoms with Crippen molar-refractivity contribution >= 4 is 15.9 Å². The number of hydrogen-bond acceptors (Lipinski definition) is 4. The van der Waals surface area contributed by atoms with Gasteiger partial charge in [-0.25, -0.2) is 0 Å². The molecule has 2 aliphatic rings. The van der Waals surface area contributed by atoms with Gasteiger partial charge in [-0.15, -0.1) is 0 Å². The second-order valence-corrected chi connectivity index (χ2v) is 7.65. The largest absolute Gasteiger partial charge is 0.395 e. The van der Waals surface area contributed by atoms with Crippen LogP contribution in [0.3, 0.4) is 0 Å². The Bertz CT molecular complexity index is 483. The second kappa shape index (κ2) is 8.58. The molecule has 2 fully saturated rings. The van der Waals surface area contributed by atoms with E-state index in [4.69, 9.17) is 5.11 Å². The molecule has 5 heteroatoms. The predicted octanol–water partition coefficient (Wildman–Crippen LogP) is 2.02. The highest BCUT2D eigenvalue weighted by Crippen LogP contribution is 2.21. The van der Waals surface area contributed by atoms with E-state index in [9.17, 15) is 0 Å². The fourth-order valence-corrected chi connectivity index (χ4v) is 4.28. The molecule has 0 aromatic heterocycles. The second-order valence-electron chi connectivity index (χ2n) is 6.74. The number of piperidine rings is 1. The van der Waals surface area contributed by atoms with E-state index < -0.39 is 0 Å². The van der Waals surface area contributed by atoms with E-state index in [2.05, 4.69) is 54.9 Å². The lowest BCUT2D eigenvalue weighted by molar-refractivity contribution is 0.0516. The molecule has 23 heavy (non-hydrogen) atoms. The van der Waals surface area contributed by atoms with E-state index in [1.165, 1.54) is 36.0 Å². The monoisotopic (exact) mass is 381 g/mol. The maximum atomic E-state index is 9.04. The molecule has 0 aliphatic carbocycles. The number of rotatable bonds is 5. The van der Waals surface area contributed by atoms with Gasteiger partial charge in [0.05, 0.1) is 6.61 Å². The van der Waals surface area contributed by atoms with Crippen LogP contribution in [-0.4, -0.2) is 78.3 Å². The van der Waals surface area contributed by atoms with Gasteiger partial charge >= 0.3 is 0 Å². The summed E-state index contributed by atoms with van der Waals surface area (Å²) in [6.07, 6.45) is 2.57. The maximum absolute atomic E-state index is 9.04. The van der Waals surface area contributed by atoms with E-state index in [0.29, 0.717) is 0 Å². The third kappa shape index (κ3) is 5.00. The molecule has 2 saturated heterocycles. The van der Waals surface area contributed by atoms with E-state index in [0.717, 1.165) is 45.3 Å². The average molecular weight is 382 g/mol. The highest BCUT2D eigenvalue weighted by Gasteiger charge is 2.27. The summed E-state index contributed by atoms with van der Waals surface area (Å²) in [6.45, 7) is 9.13. The smallest absolute Gasteiger partial charge is 0.0558 e. The zero-order chi connectivity index (χ0) is 16.1. The molecule has 128 valence electrons. The van der Waals surface area contributed by atoms with Crippen LogP contribution in [0.2, 0.25) is 0 Å². The Kier molecular flexibility index (Phi) is 6.48. The summed E-state index contributed by atoms with van der Waals surface area (Å²) in [4.78, 5) is 7.63. The van der Waals surface area contributed by atoms with Gasteiger partial charge in [0.25, 0.3) is 0 Å². The predicted molar refractivity (Wildman–Crippen MR) is 97.5 cm³/mol. The van der Waals surface area contributed by atoms with Crippen LogP contribution in [0.1, 0.15) is 18.4 Å². The first-order chi connectivity index (χ1) is 11.2. The van der Waals surface area contributed by atoms with Crippen molar-refractivity contribution in [2.45, 2.75) is 25.4 Å². The van der Waals surface area contributed by atoms with E-state index in [1.54, 1.807) is 0 Å². The lowest BCUT2D eigenvalue weighted by atomic mass is 10.0. The number of piperazine rings is 1. The van der Waals surface area contributed by atoms with Gasteiger partial charge in [-0.1, -0.05) is 28.1 Å². The summed E-state index contributed by atoms with van der Waals surface area (Å²) in [5.74, 6) is 0. The molecule has 0 spiro atoms. The summed E-state index contributed by atoms with van der Waals surface area (Å²) in [5, 5.41) is 9.04. The Morgan fingerprint density at radius 2 is 1.74 bits per heavy atom.